The quantitative estimate of drug-likeness (QED) is 0.604. The molecule has 136 valence electrons. The van der Waals surface area contributed by atoms with Gasteiger partial charge in [0.05, 0.1) is 5.41 Å². The maximum Gasteiger partial charge on any atom is 0.238 e. The number of carbonyl (C=O) groups is 2. The van der Waals surface area contributed by atoms with Crippen LogP contribution in [0, 0.1) is 11.2 Å². The van der Waals surface area contributed by atoms with Crippen LogP contribution >= 0.6 is 0 Å². The van der Waals surface area contributed by atoms with Crippen molar-refractivity contribution in [3.8, 4) is 0 Å². The summed E-state index contributed by atoms with van der Waals surface area (Å²) in [5, 5.41) is 2.84. The third-order valence-corrected chi connectivity index (χ3v) is 5.07. The number of carbonyl (C=O) groups excluding carboxylic acids is 2. The lowest BCUT2D eigenvalue weighted by molar-refractivity contribution is -0.134. The molecule has 2 unspecified atom stereocenters. The minimum atomic E-state index is -0.740. The van der Waals surface area contributed by atoms with Crippen molar-refractivity contribution in [2.24, 2.45) is 11.1 Å². The highest BCUT2D eigenvalue weighted by molar-refractivity contribution is 5.85. The SMILES string of the molecule is NC(=O)C1(CNC(=O)C2CC(c3ccc(F)cc3)NN2)CCOCC1. The summed E-state index contributed by atoms with van der Waals surface area (Å²) >= 11 is 0. The topological polar surface area (TPSA) is 105 Å². The Morgan fingerprint density at radius 2 is 1.92 bits per heavy atom. The third-order valence-electron chi connectivity index (χ3n) is 5.07. The second kappa shape index (κ2) is 7.47. The number of primary amides is 1. The molecule has 2 aliphatic rings. The number of hydrazine groups is 1. The number of nitrogens with two attached hydrogens (primary N) is 1. The molecule has 0 aliphatic carbocycles. The van der Waals surface area contributed by atoms with E-state index in [1.54, 1.807) is 12.1 Å². The first-order chi connectivity index (χ1) is 12.0. The van der Waals surface area contributed by atoms with Crippen LogP contribution in [0.5, 0.6) is 0 Å². The molecule has 0 bridgehead atoms. The van der Waals surface area contributed by atoms with Crippen LogP contribution < -0.4 is 21.9 Å². The van der Waals surface area contributed by atoms with E-state index in [1.165, 1.54) is 12.1 Å². The summed E-state index contributed by atoms with van der Waals surface area (Å²) in [6.45, 7) is 1.15. The van der Waals surface area contributed by atoms with Gasteiger partial charge in [-0.25, -0.2) is 15.2 Å². The van der Waals surface area contributed by atoms with Crippen LogP contribution in [0.1, 0.15) is 30.9 Å². The Labute approximate surface area is 145 Å². The van der Waals surface area contributed by atoms with E-state index in [-0.39, 0.29) is 24.3 Å². The molecular formula is C17H23FN4O3. The summed E-state index contributed by atoms with van der Waals surface area (Å²) in [5.41, 5.74) is 11.7. The van der Waals surface area contributed by atoms with Crippen molar-refractivity contribution in [3.63, 3.8) is 0 Å². The smallest absolute Gasteiger partial charge is 0.238 e. The monoisotopic (exact) mass is 350 g/mol. The Morgan fingerprint density at radius 3 is 2.56 bits per heavy atom. The maximum absolute atomic E-state index is 13.0. The largest absolute Gasteiger partial charge is 0.381 e. The highest BCUT2D eigenvalue weighted by Gasteiger charge is 2.39. The summed E-state index contributed by atoms with van der Waals surface area (Å²) in [7, 11) is 0. The molecular weight excluding hydrogens is 327 g/mol. The van der Waals surface area contributed by atoms with Gasteiger partial charge in [-0.2, -0.15) is 0 Å². The molecule has 2 atom stereocenters. The molecule has 5 N–H and O–H groups in total. The molecule has 7 nitrogen and oxygen atoms in total. The van der Waals surface area contributed by atoms with Crippen LogP contribution in [0.3, 0.4) is 0 Å². The molecule has 8 heteroatoms. The van der Waals surface area contributed by atoms with Crippen molar-refractivity contribution in [1.82, 2.24) is 16.2 Å². The maximum atomic E-state index is 13.0. The Balaban J connectivity index is 1.55. The molecule has 2 amide bonds. The fraction of sp³-hybridized carbons (Fsp3) is 0.529. The van der Waals surface area contributed by atoms with Gasteiger partial charge in [0.2, 0.25) is 11.8 Å². The molecule has 2 saturated heterocycles. The lowest BCUT2D eigenvalue weighted by Gasteiger charge is -2.34. The van der Waals surface area contributed by atoms with Gasteiger partial charge < -0.3 is 15.8 Å². The summed E-state index contributed by atoms with van der Waals surface area (Å²) in [4.78, 5) is 24.3. The minimum Gasteiger partial charge on any atom is -0.381 e. The van der Waals surface area contributed by atoms with E-state index in [9.17, 15) is 14.0 Å². The van der Waals surface area contributed by atoms with Gasteiger partial charge in [-0.1, -0.05) is 12.1 Å². The van der Waals surface area contributed by atoms with E-state index in [0.717, 1.165) is 5.56 Å². The minimum absolute atomic E-state index is 0.0791. The second-order valence-corrected chi connectivity index (χ2v) is 6.66. The number of hydrogen-bond donors (Lipinski definition) is 4. The molecule has 25 heavy (non-hydrogen) atoms. The molecule has 0 radical (unpaired) electrons. The van der Waals surface area contributed by atoms with Crippen molar-refractivity contribution in [3.05, 3.63) is 35.6 Å². The highest BCUT2D eigenvalue weighted by atomic mass is 19.1. The Morgan fingerprint density at radius 1 is 1.24 bits per heavy atom. The van der Waals surface area contributed by atoms with Gasteiger partial charge in [-0.15, -0.1) is 0 Å². The van der Waals surface area contributed by atoms with Gasteiger partial charge in [0.25, 0.3) is 0 Å². The Kier molecular flexibility index (Phi) is 5.31. The van der Waals surface area contributed by atoms with Crippen molar-refractivity contribution >= 4 is 11.8 Å². The molecule has 2 fully saturated rings. The standard InChI is InChI=1S/C17H23FN4O3/c18-12-3-1-11(2-4-12)13-9-14(22-21-13)15(23)20-10-17(16(19)24)5-7-25-8-6-17/h1-4,13-14,21-22H,5-10H2,(H2,19,24)(H,20,23). The first-order valence-electron chi connectivity index (χ1n) is 8.42. The third kappa shape index (κ3) is 3.97. The number of ether oxygens (including phenoxy) is 1. The van der Waals surface area contributed by atoms with Crippen LogP contribution in [0.4, 0.5) is 4.39 Å². The number of nitrogens with one attached hydrogen (secondary N) is 3. The number of amides is 2. The molecule has 2 heterocycles. The number of hydrogen-bond acceptors (Lipinski definition) is 5. The van der Waals surface area contributed by atoms with E-state index in [4.69, 9.17) is 10.5 Å². The molecule has 2 aliphatic heterocycles. The molecule has 1 aromatic rings. The van der Waals surface area contributed by atoms with Crippen LogP contribution in [0.15, 0.2) is 24.3 Å². The first-order valence-corrected chi connectivity index (χ1v) is 8.42. The zero-order chi connectivity index (χ0) is 17.9. The van der Waals surface area contributed by atoms with E-state index < -0.39 is 17.4 Å². The summed E-state index contributed by atoms with van der Waals surface area (Å²) in [6, 6.07) is 5.67. The van der Waals surface area contributed by atoms with Gasteiger partial charge >= 0.3 is 0 Å². The van der Waals surface area contributed by atoms with Crippen molar-refractivity contribution in [2.45, 2.75) is 31.3 Å². The van der Waals surface area contributed by atoms with Gasteiger partial charge in [0.1, 0.15) is 11.9 Å². The van der Waals surface area contributed by atoms with E-state index >= 15 is 0 Å². The zero-order valence-corrected chi connectivity index (χ0v) is 13.9. The van der Waals surface area contributed by atoms with Crippen LogP contribution in [-0.2, 0) is 14.3 Å². The average molecular weight is 350 g/mol. The Hall–Kier alpha value is -2.03. The molecule has 1 aromatic carbocycles. The molecule has 0 spiro atoms. The predicted molar refractivity (Wildman–Crippen MR) is 88.5 cm³/mol. The average Bonchev–Trinajstić information content (AvgIpc) is 3.11. The van der Waals surface area contributed by atoms with Crippen LogP contribution in [-0.4, -0.2) is 37.6 Å². The van der Waals surface area contributed by atoms with Crippen molar-refractivity contribution < 1.29 is 18.7 Å². The van der Waals surface area contributed by atoms with Gasteiger partial charge in [0.15, 0.2) is 0 Å². The predicted octanol–water partition coefficient (Wildman–Crippen LogP) is 0.132. The van der Waals surface area contributed by atoms with Gasteiger partial charge in [0, 0.05) is 25.8 Å². The second-order valence-electron chi connectivity index (χ2n) is 6.66. The number of benzene rings is 1. The summed E-state index contributed by atoms with van der Waals surface area (Å²) in [6.07, 6.45) is 1.55. The highest BCUT2D eigenvalue weighted by Crippen LogP contribution is 2.29. The molecule has 0 saturated carbocycles. The van der Waals surface area contributed by atoms with Crippen molar-refractivity contribution in [1.29, 1.82) is 0 Å². The fourth-order valence-corrected chi connectivity index (χ4v) is 3.29. The number of rotatable bonds is 5. The van der Waals surface area contributed by atoms with Crippen molar-refractivity contribution in [2.75, 3.05) is 19.8 Å². The fourth-order valence-electron chi connectivity index (χ4n) is 3.29. The van der Waals surface area contributed by atoms with Crippen LogP contribution in [0.2, 0.25) is 0 Å². The summed E-state index contributed by atoms with van der Waals surface area (Å²) in [5.74, 6) is -0.890. The first kappa shape index (κ1) is 17.8. The molecule has 3 rings (SSSR count). The van der Waals surface area contributed by atoms with E-state index in [0.29, 0.717) is 32.5 Å². The van der Waals surface area contributed by atoms with E-state index in [1.807, 2.05) is 0 Å². The van der Waals surface area contributed by atoms with E-state index in [2.05, 4.69) is 16.2 Å². The van der Waals surface area contributed by atoms with Gasteiger partial charge in [-0.3, -0.25) is 9.59 Å². The summed E-state index contributed by atoms with van der Waals surface area (Å²) < 4.78 is 18.3. The normalized spacial score (nSPS) is 25.5. The number of halogens is 1. The zero-order valence-electron chi connectivity index (χ0n) is 13.9. The lowest BCUT2D eigenvalue weighted by Crippen LogP contribution is -2.52. The van der Waals surface area contributed by atoms with Crippen LogP contribution in [0.25, 0.3) is 0 Å². The van der Waals surface area contributed by atoms with Gasteiger partial charge in [-0.05, 0) is 37.0 Å². The Bertz CT molecular complexity index is 631. The lowest BCUT2D eigenvalue weighted by atomic mass is 9.79. The molecule has 0 aromatic heterocycles.